The van der Waals surface area contributed by atoms with Crippen LogP contribution in [0.25, 0.3) is 10.9 Å². The highest BCUT2D eigenvalue weighted by Gasteiger charge is 2.24. The van der Waals surface area contributed by atoms with Crippen LogP contribution in [0.15, 0.2) is 72.9 Å². The first-order valence-electron chi connectivity index (χ1n) is 11.0. The van der Waals surface area contributed by atoms with Gasteiger partial charge in [0.15, 0.2) is 0 Å². The number of aromatic nitrogens is 2. The van der Waals surface area contributed by atoms with E-state index in [2.05, 4.69) is 82.0 Å². The maximum atomic E-state index is 4.50. The van der Waals surface area contributed by atoms with Crippen LogP contribution in [-0.2, 0) is 32.4 Å². The summed E-state index contributed by atoms with van der Waals surface area (Å²) in [6.07, 6.45) is 5.11. The van der Waals surface area contributed by atoms with Crippen molar-refractivity contribution in [3.8, 4) is 0 Å². The third-order valence-electron chi connectivity index (χ3n) is 6.37. The van der Waals surface area contributed by atoms with E-state index < -0.39 is 0 Å². The fourth-order valence-electron chi connectivity index (χ4n) is 4.77. The van der Waals surface area contributed by atoms with E-state index in [1.165, 1.54) is 33.3 Å². The van der Waals surface area contributed by atoms with Crippen LogP contribution in [-0.4, -0.2) is 27.5 Å². The first kappa shape index (κ1) is 24.3. The van der Waals surface area contributed by atoms with Crippen molar-refractivity contribution in [2.24, 2.45) is 0 Å². The van der Waals surface area contributed by atoms with E-state index in [-0.39, 0.29) is 24.8 Å². The number of halogens is 2. The Morgan fingerprint density at radius 2 is 1.69 bits per heavy atom. The quantitative estimate of drug-likeness (QED) is 0.345. The van der Waals surface area contributed by atoms with Crippen molar-refractivity contribution in [1.29, 1.82) is 0 Å². The molecule has 0 saturated heterocycles. The Bertz CT molecular complexity index is 1140. The molecular weight excluding hydrogens is 437 g/mol. The molecule has 3 nitrogen and oxygen atoms in total. The summed E-state index contributed by atoms with van der Waals surface area (Å²) in [6.45, 7) is 6.49. The fourth-order valence-corrected chi connectivity index (χ4v) is 4.77. The minimum atomic E-state index is 0. The summed E-state index contributed by atoms with van der Waals surface area (Å²) in [5, 5.41) is 1.44. The van der Waals surface area contributed by atoms with Gasteiger partial charge in [0.05, 0.1) is 0 Å². The van der Waals surface area contributed by atoms with E-state index in [9.17, 15) is 0 Å². The van der Waals surface area contributed by atoms with Gasteiger partial charge in [0.2, 0.25) is 0 Å². The molecule has 3 heterocycles. The highest BCUT2D eigenvalue weighted by atomic mass is 35.5. The predicted octanol–water partition coefficient (Wildman–Crippen LogP) is 6.03. The Morgan fingerprint density at radius 1 is 0.875 bits per heavy atom. The van der Waals surface area contributed by atoms with Gasteiger partial charge >= 0.3 is 0 Å². The Morgan fingerprint density at radius 3 is 2.47 bits per heavy atom. The largest absolute Gasteiger partial charge is 0.344 e. The average Bonchev–Trinajstić information content (AvgIpc) is 3.10. The first-order valence-corrected chi connectivity index (χ1v) is 11.0. The molecule has 4 aromatic rings. The Labute approximate surface area is 203 Å². The monoisotopic (exact) mass is 467 g/mol. The smallest absolute Gasteiger partial charge is 0.0486 e. The topological polar surface area (TPSA) is 21.1 Å². The van der Waals surface area contributed by atoms with Gasteiger partial charge in [0, 0.05) is 67.5 Å². The van der Waals surface area contributed by atoms with Crippen molar-refractivity contribution < 1.29 is 0 Å². The molecule has 1 aliphatic heterocycles. The molecule has 0 N–H and O–H groups in total. The molecule has 0 saturated carbocycles. The van der Waals surface area contributed by atoms with E-state index in [1.54, 1.807) is 5.69 Å². The molecule has 168 valence electrons. The zero-order valence-corrected chi connectivity index (χ0v) is 20.2. The van der Waals surface area contributed by atoms with E-state index in [4.69, 9.17) is 0 Å². The van der Waals surface area contributed by atoms with Gasteiger partial charge < -0.3 is 4.57 Å². The molecule has 2 aromatic carbocycles. The molecule has 5 heteroatoms. The van der Waals surface area contributed by atoms with Crippen molar-refractivity contribution in [2.75, 3.05) is 13.1 Å². The van der Waals surface area contributed by atoms with Crippen LogP contribution >= 0.6 is 24.8 Å². The second-order valence-electron chi connectivity index (χ2n) is 8.43. The van der Waals surface area contributed by atoms with Gasteiger partial charge in [0.25, 0.3) is 0 Å². The molecule has 0 spiro atoms. The summed E-state index contributed by atoms with van der Waals surface area (Å²) in [7, 11) is 0. The Balaban J connectivity index is 0.00000144. The van der Waals surface area contributed by atoms with Gasteiger partial charge in [-0.1, -0.05) is 48.0 Å². The average molecular weight is 468 g/mol. The Kier molecular flexibility index (Phi) is 8.36. The SMILES string of the molecule is Cc1ccc2c(c1)c1c(n2CCc2ccccc2)CCN(CCc2ccccn2)C1.Cl.Cl. The van der Waals surface area contributed by atoms with E-state index in [0.29, 0.717) is 0 Å². The van der Waals surface area contributed by atoms with Crippen molar-refractivity contribution >= 4 is 35.7 Å². The van der Waals surface area contributed by atoms with Gasteiger partial charge in [-0.25, -0.2) is 0 Å². The molecule has 0 atom stereocenters. The van der Waals surface area contributed by atoms with Crippen LogP contribution in [0.4, 0.5) is 0 Å². The number of fused-ring (bicyclic) bond motifs is 3. The van der Waals surface area contributed by atoms with Gasteiger partial charge in [-0.05, 0) is 48.7 Å². The van der Waals surface area contributed by atoms with Crippen molar-refractivity contribution in [3.05, 3.63) is 101 Å². The zero-order chi connectivity index (χ0) is 20.3. The normalized spacial score (nSPS) is 13.3. The number of rotatable bonds is 6. The van der Waals surface area contributed by atoms with Crippen LogP contribution in [0.1, 0.15) is 28.1 Å². The lowest BCUT2D eigenvalue weighted by Crippen LogP contribution is -2.33. The van der Waals surface area contributed by atoms with Crippen molar-refractivity contribution in [1.82, 2.24) is 14.5 Å². The van der Waals surface area contributed by atoms with E-state index in [1.807, 2.05) is 12.3 Å². The number of benzene rings is 2. The first-order chi connectivity index (χ1) is 14.8. The lowest BCUT2D eigenvalue weighted by atomic mass is 10.0. The highest BCUT2D eigenvalue weighted by Crippen LogP contribution is 2.32. The molecular formula is C27H31Cl2N3. The lowest BCUT2D eigenvalue weighted by Gasteiger charge is -2.28. The molecule has 0 amide bonds. The molecule has 0 aliphatic carbocycles. The number of pyridine rings is 1. The van der Waals surface area contributed by atoms with Crippen molar-refractivity contribution in [3.63, 3.8) is 0 Å². The summed E-state index contributed by atoms with van der Waals surface area (Å²) in [6, 6.07) is 24.0. The second kappa shape index (κ2) is 11.0. The highest BCUT2D eigenvalue weighted by molar-refractivity contribution is 5.86. The van der Waals surface area contributed by atoms with Gasteiger partial charge in [-0.2, -0.15) is 0 Å². The molecule has 5 rings (SSSR count). The molecule has 1 aliphatic rings. The summed E-state index contributed by atoms with van der Waals surface area (Å²) >= 11 is 0. The third-order valence-corrected chi connectivity index (χ3v) is 6.37. The van der Waals surface area contributed by atoms with E-state index in [0.717, 1.165) is 45.4 Å². The van der Waals surface area contributed by atoms with Gasteiger partial charge in [-0.15, -0.1) is 24.8 Å². The molecule has 32 heavy (non-hydrogen) atoms. The van der Waals surface area contributed by atoms with Crippen LogP contribution < -0.4 is 0 Å². The molecule has 0 fully saturated rings. The molecule has 0 unspecified atom stereocenters. The van der Waals surface area contributed by atoms with Gasteiger partial charge in [0.1, 0.15) is 0 Å². The predicted molar refractivity (Wildman–Crippen MR) is 138 cm³/mol. The van der Waals surface area contributed by atoms with Crippen LogP contribution in [0.2, 0.25) is 0 Å². The number of hydrogen-bond donors (Lipinski definition) is 0. The van der Waals surface area contributed by atoms with Crippen LogP contribution in [0.5, 0.6) is 0 Å². The maximum Gasteiger partial charge on any atom is 0.0486 e. The van der Waals surface area contributed by atoms with Crippen LogP contribution in [0, 0.1) is 6.92 Å². The second-order valence-corrected chi connectivity index (χ2v) is 8.43. The molecule has 0 bridgehead atoms. The molecule has 0 radical (unpaired) electrons. The third kappa shape index (κ3) is 5.17. The van der Waals surface area contributed by atoms with Crippen LogP contribution in [0.3, 0.4) is 0 Å². The summed E-state index contributed by atoms with van der Waals surface area (Å²) < 4.78 is 2.59. The van der Waals surface area contributed by atoms with Crippen molar-refractivity contribution in [2.45, 2.75) is 39.3 Å². The van der Waals surface area contributed by atoms with Gasteiger partial charge in [-0.3, -0.25) is 9.88 Å². The maximum absolute atomic E-state index is 4.50. The lowest BCUT2D eigenvalue weighted by molar-refractivity contribution is 0.254. The number of nitrogens with zero attached hydrogens (tertiary/aromatic N) is 3. The summed E-state index contributed by atoms with van der Waals surface area (Å²) in [4.78, 5) is 7.09. The standard InChI is InChI=1S/C27H29N3.2ClH/c1-21-10-11-26-24(19-21)25-20-29(16-13-23-9-5-6-15-28-23)17-14-27(25)30(26)18-12-22-7-3-2-4-8-22;;/h2-11,15,19H,12-14,16-18,20H2,1H3;2*1H. The van der Waals surface area contributed by atoms with E-state index >= 15 is 0 Å². The summed E-state index contributed by atoms with van der Waals surface area (Å²) in [5.74, 6) is 0. The number of aryl methyl sites for hydroxylation is 3. The number of hydrogen-bond acceptors (Lipinski definition) is 2. The fraction of sp³-hybridized carbons (Fsp3) is 0.296. The minimum Gasteiger partial charge on any atom is -0.344 e. The minimum absolute atomic E-state index is 0. The molecule has 2 aromatic heterocycles. The summed E-state index contributed by atoms with van der Waals surface area (Å²) in [5.41, 5.74) is 8.41. The Hall–Kier alpha value is -2.33. The zero-order valence-electron chi connectivity index (χ0n) is 18.5.